The maximum atomic E-state index is 11.1. The molecule has 3 heteroatoms. The minimum Gasteiger partial charge on any atom is -0.330 e. The first-order chi connectivity index (χ1) is 4.84. The van der Waals surface area contributed by atoms with E-state index >= 15 is 0 Å². The minimum absolute atomic E-state index is 0.222. The Labute approximate surface area is 61.2 Å². The highest BCUT2D eigenvalue weighted by molar-refractivity contribution is 5.76. The second-order valence-electron chi connectivity index (χ2n) is 2.65. The molecule has 0 unspecified atom stereocenters. The zero-order chi connectivity index (χ0) is 7.40. The van der Waals surface area contributed by atoms with Gasteiger partial charge in [0.15, 0.2) is 0 Å². The minimum atomic E-state index is 0.222. The molecular formula is C7H14N2O. The summed E-state index contributed by atoms with van der Waals surface area (Å²) < 4.78 is 0. The second kappa shape index (κ2) is 3.56. The van der Waals surface area contributed by atoms with Crippen molar-refractivity contribution in [3.05, 3.63) is 0 Å². The summed E-state index contributed by atoms with van der Waals surface area (Å²) >= 11 is 0. The van der Waals surface area contributed by atoms with Gasteiger partial charge < -0.3 is 10.6 Å². The van der Waals surface area contributed by atoms with E-state index in [-0.39, 0.29) is 5.91 Å². The highest BCUT2D eigenvalue weighted by Gasteiger charge is 2.13. The van der Waals surface area contributed by atoms with Crippen molar-refractivity contribution in [2.45, 2.75) is 25.7 Å². The summed E-state index contributed by atoms with van der Waals surface area (Å²) in [4.78, 5) is 12.8. The molecule has 0 aromatic heterocycles. The molecule has 58 valence electrons. The predicted molar refractivity (Wildman–Crippen MR) is 39.2 cm³/mol. The Balaban J connectivity index is 2.43. The molecule has 0 bridgehead atoms. The molecule has 0 spiro atoms. The Morgan fingerprint density at radius 3 is 2.90 bits per heavy atom. The third kappa shape index (κ3) is 1.70. The van der Waals surface area contributed by atoms with Crippen LogP contribution in [0.25, 0.3) is 0 Å². The number of nitrogens with zero attached hydrogens (tertiary/aromatic N) is 1. The van der Waals surface area contributed by atoms with Crippen LogP contribution in [0.4, 0.5) is 0 Å². The fraction of sp³-hybridized carbons (Fsp3) is 0.857. The molecule has 0 aromatic rings. The summed E-state index contributed by atoms with van der Waals surface area (Å²) in [6, 6.07) is 0. The van der Waals surface area contributed by atoms with Gasteiger partial charge in [-0.05, 0) is 12.8 Å². The molecule has 10 heavy (non-hydrogen) atoms. The van der Waals surface area contributed by atoms with E-state index < -0.39 is 0 Å². The van der Waals surface area contributed by atoms with Gasteiger partial charge in [0.1, 0.15) is 0 Å². The zero-order valence-electron chi connectivity index (χ0n) is 6.18. The molecule has 0 saturated carbocycles. The van der Waals surface area contributed by atoms with E-state index in [1.54, 1.807) is 4.90 Å². The van der Waals surface area contributed by atoms with Gasteiger partial charge in [-0.15, -0.1) is 0 Å². The zero-order valence-corrected chi connectivity index (χ0v) is 6.18. The number of carbonyl (C=O) groups is 1. The van der Waals surface area contributed by atoms with Gasteiger partial charge in [0.25, 0.3) is 0 Å². The summed E-state index contributed by atoms with van der Waals surface area (Å²) in [6.07, 6.45) is 4.01. The van der Waals surface area contributed by atoms with Gasteiger partial charge in [0.2, 0.25) is 5.91 Å². The maximum absolute atomic E-state index is 11.1. The third-order valence-corrected chi connectivity index (χ3v) is 1.89. The molecule has 0 aromatic carbocycles. The van der Waals surface area contributed by atoms with Crippen LogP contribution in [0.15, 0.2) is 0 Å². The van der Waals surface area contributed by atoms with E-state index in [0.29, 0.717) is 13.1 Å². The lowest BCUT2D eigenvalue weighted by Gasteiger charge is -2.16. The van der Waals surface area contributed by atoms with Crippen molar-refractivity contribution in [3.8, 4) is 0 Å². The van der Waals surface area contributed by atoms with Crippen molar-refractivity contribution in [1.29, 1.82) is 0 Å². The van der Waals surface area contributed by atoms with Crippen molar-refractivity contribution in [2.24, 2.45) is 5.73 Å². The lowest BCUT2D eigenvalue weighted by Crippen LogP contribution is -2.35. The van der Waals surface area contributed by atoms with Crippen LogP contribution in [0.5, 0.6) is 0 Å². The largest absolute Gasteiger partial charge is 0.330 e. The second-order valence-corrected chi connectivity index (χ2v) is 2.65. The number of hydrogen-bond acceptors (Lipinski definition) is 2. The average Bonchev–Trinajstić information content (AvgIpc) is 2.13. The molecule has 3 nitrogen and oxygen atoms in total. The van der Waals surface area contributed by atoms with Crippen molar-refractivity contribution in [1.82, 2.24) is 4.90 Å². The number of carbonyl (C=O) groups excluding carboxylic acids is 1. The van der Waals surface area contributed by atoms with Crippen molar-refractivity contribution in [3.63, 3.8) is 0 Å². The molecule has 1 aliphatic rings. The summed E-state index contributed by atoms with van der Waals surface area (Å²) in [5.74, 6) is 0.222. The van der Waals surface area contributed by atoms with E-state index in [0.717, 1.165) is 19.4 Å². The lowest BCUT2D eigenvalue weighted by molar-refractivity contribution is -0.130. The van der Waals surface area contributed by atoms with Crippen molar-refractivity contribution < 1.29 is 4.79 Å². The fourth-order valence-corrected chi connectivity index (χ4v) is 1.23. The molecule has 2 N–H and O–H groups in total. The van der Waals surface area contributed by atoms with Crippen LogP contribution < -0.4 is 5.73 Å². The van der Waals surface area contributed by atoms with Gasteiger partial charge >= 0.3 is 0 Å². The van der Waals surface area contributed by atoms with Crippen LogP contribution in [0.1, 0.15) is 25.7 Å². The molecule has 1 aliphatic heterocycles. The Hall–Kier alpha value is -0.570. The first-order valence-electron chi connectivity index (χ1n) is 3.82. The van der Waals surface area contributed by atoms with Crippen LogP contribution in [0.2, 0.25) is 0 Å². The number of amides is 1. The standard InChI is InChI=1S/C7H14N2O/c8-6-9-5-3-1-2-4-7(9)10/h1-6,8H2. The average molecular weight is 142 g/mol. The van der Waals surface area contributed by atoms with E-state index in [4.69, 9.17) is 5.73 Å². The van der Waals surface area contributed by atoms with Gasteiger partial charge in [0.05, 0.1) is 6.67 Å². The summed E-state index contributed by atoms with van der Waals surface area (Å²) in [5, 5.41) is 0. The number of hydrogen-bond donors (Lipinski definition) is 1. The molecule has 1 rings (SSSR count). The summed E-state index contributed by atoms with van der Waals surface area (Å²) in [7, 11) is 0. The molecule has 1 fully saturated rings. The van der Waals surface area contributed by atoms with Crippen molar-refractivity contribution >= 4 is 5.91 Å². The number of rotatable bonds is 1. The normalized spacial score (nSPS) is 20.9. The van der Waals surface area contributed by atoms with E-state index in [2.05, 4.69) is 0 Å². The SMILES string of the molecule is NCN1CCCCCC1=O. The Kier molecular flexibility index (Phi) is 2.68. The monoisotopic (exact) mass is 142 g/mol. The van der Waals surface area contributed by atoms with Crippen LogP contribution in [0, 0.1) is 0 Å². The molecular weight excluding hydrogens is 128 g/mol. The molecule has 1 amide bonds. The Morgan fingerprint density at radius 1 is 1.40 bits per heavy atom. The highest BCUT2D eigenvalue weighted by Crippen LogP contribution is 2.09. The van der Waals surface area contributed by atoms with Gasteiger partial charge in [-0.2, -0.15) is 0 Å². The van der Waals surface area contributed by atoms with E-state index in [1.165, 1.54) is 6.42 Å². The number of likely N-dealkylation sites (tertiary alicyclic amines) is 1. The van der Waals surface area contributed by atoms with Crippen LogP contribution in [-0.4, -0.2) is 24.0 Å². The molecule has 1 heterocycles. The fourth-order valence-electron chi connectivity index (χ4n) is 1.23. The Morgan fingerprint density at radius 2 is 2.20 bits per heavy atom. The third-order valence-electron chi connectivity index (χ3n) is 1.89. The molecule has 0 radical (unpaired) electrons. The van der Waals surface area contributed by atoms with Crippen molar-refractivity contribution in [2.75, 3.05) is 13.2 Å². The van der Waals surface area contributed by atoms with Gasteiger partial charge in [-0.25, -0.2) is 0 Å². The molecule has 0 aliphatic carbocycles. The highest BCUT2D eigenvalue weighted by atomic mass is 16.2. The van der Waals surface area contributed by atoms with Gasteiger partial charge in [-0.3, -0.25) is 4.79 Å². The smallest absolute Gasteiger partial charge is 0.223 e. The number of nitrogens with two attached hydrogens (primary N) is 1. The first-order valence-corrected chi connectivity index (χ1v) is 3.82. The van der Waals surface area contributed by atoms with Crippen LogP contribution in [0.3, 0.4) is 0 Å². The van der Waals surface area contributed by atoms with Crippen LogP contribution >= 0.6 is 0 Å². The van der Waals surface area contributed by atoms with E-state index in [9.17, 15) is 4.79 Å². The first kappa shape index (κ1) is 7.54. The lowest BCUT2D eigenvalue weighted by atomic mass is 10.2. The topological polar surface area (TPSA) is 46.3 Å². The summed E-state index contributed by atoms with van der Waals surface area (Å²) in [5.41, 5.74) is 5.37. The molecule has 1 saturated heterocycles. The molecule has 0 atom stereocenters. The van der Waals surface area contributed by atoms with E-state index in [1.807, 2.05) is 0 Å². The quantitative estimate of drug-likeness (QED) is 0.572. The van der Waals surface area contributed by atoms with Gasteiger partial charge in [0, 0.05) is 13.0 Å². The predicted octanol–water partition coefficient (Wildman–Crippen LogP) is 0.305. The van der Waals surface area contributed by atoms with Gasteiger partial charge in [-0.1, -0.05) is 6.42 Å². The Bertz CT molecular complexity index is 125. The van der Waals surface area contributed by atoms with Crippen LogP contribution in [-0.2, 0) is 4.79 Å². The maximum Gasteiger partial charge on any atom is 0.223 e. The summed E-state index contributed by atoms with van der Waals surface area (Å²) in [6.45, 7) is 1.24.